The first kappa shape index (κ1) is 34.0. The van der Waals surface area contributed by atoms with E-state index < -0.39 is 17.6 Å². The van der Waals surface area contributed by atoms with Crippen molar-refractivity contribution in [2.45, 2.75) is 66.5 Å². The van der Waals surface area contributed by atoms with Gasteiger partial charge >= 0.3 is 17.6 Å². The zero-order chi connectivity index (χ0) is 24.6. The maximum absolute atomic E-state index is 8.44. The first-order valence-electron chi connectivity index (χ1n) is 11.3. The van der Waals surface area contributed by atoms with E-state index in [1.807, 2.05) is 41.5 Å². The van der Waals surface area contributed by atoms with Crippen LogP contribution in [0.1, 0.15) is 54.4 Å². The van der Waals surface area contributed by atoms with Crippen molar-refractivity contribution < 1.29 is 26.6 Å². The minimum Gasteiger partial charge on any atom is -0.374 e. The summed E-state index contributed by atoms with van der Waals surface area (Å²) >= 11 is 2.53. The highest BCUT2D eigenvalue weighted by Crippen LogP contribution is 2.20. The summed E-state index contributed by atoms with van der Waals surface area (Å²) in [5.41, 5.74) is 0. The first-order chi connectivity index (χ1) is 15.5. The van der Waals surface area contributed by atoms with E-state index >= 15 is 0 Å². The zero-order valence-corrected chi connectivity index (χ0v) is 24.3. The van der Waals surface area contributed by atoms with Gasteiger partial charge in [0.05, 0.1) is 0 Å². The fourth-order valence-electron chi connectivity index (χ4n) is 2.82. The van der Waals surface area contributed by atoms with Crippen molar-refractivity contribution in [3.8, 4) is 10.8 Å². The molecule has 0 rings (SSSR count). The summed E-state index contributed by atoms with van der Waals surface area (Å²) in [6, 6.07) is 1.58. The monoisotopic (exact) mass is 526 g/mol. The highest BCUT2D eigenvalue weighted by molar-refractivity contribution is 8.03. The van der Waals surface area contributed by atoms with Crippen molar-refractivity contribution in [1.29, 1.82) is 10.5 Å². The molecule has 0 radical (unpaired) electrons. The summed E-state index contributed by atoms with van der Waals surface area (Å²) in [6.07, 6.45) is 1.79. The van der Waals surface area contributed by atoms with Gasteiger partial charge in [-0.3, -0.25) is 0 Å². The van der Waals surface area contributed by atoms with Crippen LogP contribution in [0.15, 0.2) is 0 Å². The lowest BCUT2D eigenvalue weighted by Gasteiger charge is -2.28. The summed E-state index contributed by atoms with van der Waals surface area (Å²) < 4.78 is 34.2. The molecule has 0 spiro atoms. The van der Waals surface area contributed by atoms with Crippen LogP contribution in [-0.4, -0.2) is 68.8 Å². The molecule has 12 heteroatoms. The van der Waals surface area contributed by atoms with Gasteiger partial charge in [0.15, 0.2) is 0 Å². The number of thioether (sulfide) groups is 2. The molecular formula is C20H42N2O6S2Si2. The van der Waals surface area contributed by atoms with Gasteiger partial charge in [-0.1, -0.05) is 0 Å². The molecule has 0 unspecified atom stereocenters. The lowest BCUT2D eigenvalue weighted by Crippen LogP contribution is -2.46. The molecule has 188 valence electrons. The Balaban J connectivity index is 0. The molecule has 32 heavy (non-hydrogen) atoms. The minimum atomic E-state index is -2.47. The Kier molecular flexibility index (Phi) is 25.5. The van der Waals surface area contributed by atoms with Gasteiger partial charge in [-0.2, -0.15) is 10.5 Å². The van der Waals surface area contributed by atoms with E-state index in [0.717, 1.165) is 36.4 Å². The fourth-order valence-corrected chi connectivity index (χ4v) is 9.31. The number of nitrogens with zero attached hydrogens (tertiary/aromatic N) is 2. The van der Waals surface area contributed by atoms with Gasteiger partial charge in [0.1, 0.15) is 10.8 Å². The van der Waals surface area contributed by atoms with Crippen LogP contribution in [0.5, 0.6) is 0 Å². The van der Waals surface area contributed by atoms with Crippen molar-refractivity contribution in [1.82, 2.24) is 0 Å². The van der Waals surface area contributed by atoms with Gasteiger partial charge in [-0.25, -0.2) is 0 Å². The van der Waals surface area contributed by atoms with E-state index in [0.29, 0.717) is 39.6 Å². The lowest BCUT2D eigenvalue weighted by atomic mass is 10.6. The minimum absolute atomic E-state index is 0.609. The van der Waals surface area contributed by atoms with Crippen molar-refractivity contribution >= 4 is 41.1 Å². The molecule has 0 aromatic rings. The molecule has 0 aliphatic carbocycles. The standard InChI is InChI=1S/2C10H21NO3SSi/c2*1-4-12-16(13-5-2,14-6-3)9-7-8-15-10-11/h2*4-9H2,1-3H3. The number of thiocyanates is 2. The molecule has 0 fully saturated rings. The average molecular weight is 527 g/mol. The second-order valence-corrected chi connectivity index (χ2v) is 13.3. The van der Waals surface area contributed by atoms with E-state index in [-0.39, 0.29) is 0 Å². The molecule has 0 bridgehead atoms. The van der Waals surface area contributed by atoms with E-state index in [9.17, 15) is 0 Å². The third-order valence-electron chi connectivity index (χ3n) is 3.77. The van der Waals surface area contributed by atoms with Gasteiger partial charge < -0.3 is 26.6 Å². The van der Waals surface area contributed by atoms with E-state index in [1.54, 1.807) is 0 Å². The summed E-state index contributed by atoms with van der Waals surface area (Å²) in [4.78, 5) is 0. The molecule has 0 aliphatic heterocycles. The molecule has 0 amide bonds. The molecule has 0 saturated heterocycles. The Morgan fingerprint density at radius 1 is 0.531 bits per heavy atom. The number of nitriles is 2. The summed E-state index contributed by atoms with van der Waals surface area (Å²) in [7, 11) is -4.94. The largest absolute Gasteiger partial charge is 0.500 e. The van der Waals surface area contributed by atoms with Crippen LogP contribution in [0.25, 0.3) is 0 Å². The average Bonchev–Trinajstić information content (AvgIpc) is 2.76. The number of rotatable bonds is 20. The highest BCUT2D eigenvalue weighted by atomic mass is 32.2. The van der Waals surface area contributed by atoms with Crippen LogP contribution in [0.2, 0.25) is 12.1 Å². The number of hydrogen-bond donors (Lipinski definition) is 0. The highest BCUT2D eigenvalue weighted by Gasteiger charge is 2.40. The lowest BCUT2D eigenvalue weighted by molar-refractivity contribution is 0.0704. The summed E-state index contributed by atoms with van der Waals surface area (Å²) in [6.45, 7) is 15.3. The van der Waals surface area contributed by atoms with Gasteiger partial charge in [0.2, 0.25) is 0 Å². The summed E-state index contributed by atoms with van der Waals surface area (Å²) in [5, 5.41) is 21.0. The van der Waals surface area contributed by atoms with Crippen molar-refractivity contribution in [2.75, 3.05) is 51.1 Å². The molecular weight excluding hydrogens is 485 g/mol. The van der Waals surface area contributed by atoms with E-state index in [2.05, 4.69) is 10.8 Å². The summed E-state index contributed by atoms with van der Waals surface area (Å²) in [5.74, 6) is 1.61. The normalized spacial score (nSPS) is 11.4. The molecule has 0 heterocycles. The molecule has 0 atom stereocenters. The van der Waals surface area contributed by atoms with Crippen LogP contribution in [-0.2, 0) is 26.6 Å². The second kappa shape index (κ2) is 24.0. The van der Waals surface area contributed by atoms with Crippen molar-refractivity contribution in [3.05, 3.63) is 0 Å². The van der Waals surface area contributed by atoms with Gasteiger partial charge in [0, 0.05) is 63.2 Å². The second-order valence-electron chi connectivity index (χ2n) is 6.05. The molecule has 0 aliphatic rings. The zero-order valence-electron chi connectivity index (χ0n) is 20.6. The Bertz CT molecular complexity index is 431. The third kappa shape index (κ3) is 17.4. The topological polar surface area (TPSA) is 103 Å². The maximum atomic E-state index is 8.44. The van der Waals surface area contributed by atoms with Gasteiger partial charge in [0.25, 0.3) is 0 Å². The fraction of sp³-hybridized carbons (Fsp3) is 0.900. The first-order valence-corrected chi connectivity index (χ1v) is 17.2. The van der Waals surface area contributed by atoms with Gasteiger partial charge in [-0.05, 0) is 77.9 Å². The predicted octanol–water partition coefficient (Wildman–Crippen LogP) is 5.28. The predicted molar refractivity (Wildman–Crippen MR) is 136 cm³/mol. The number of hydrogen-bond acceptors (Lipinski definition) is 10. The van der Waals surface area contributed by atoms with Crippen LogP contribution in [0.3, 0.4) is 0 Å². The quantitative estimate of drug-likeness (QED) is 0.118. The van der Waals surface area contributed by atoms with Crippen LogP contribution in [0.4, 0.5) is 0 Å². The SMILES string of the molecule is CCO[Si](CCCSC#N)(OCC)OCC.CCO[Si](CCCSC#N)(OCC)OCC. The van der Waals surface area contributed by atoms with E-state index in [4.69, 9.17) is 37.1 Å². The molecule has 0 N–H and O–H groups in total. The maximum Gasteiger partial charge on any atom is 0.500 e. The van der Waals surface area contributed by atoms with Crippen LogP contribution < -0.4 is 0 Å². The van der Waals surface area contributed by atoms with Gasteiger partial charge in [-0.15, -0.1) is 0 Å². The smallest absolute Gasteiger partial charge is 0.374 e. The third-order valence-corrected chi connectivity index (χ3v) is 11.3. The van der Waals surface area contributed by atoms with Crippen molar-refractivity contribution in [2.24, 2.45) is 0 Å². The Morgan fingerprint density at radius 2 is 0.781 bits per heavy atom. The molecule has 0 aromatic carbocycles. The van der Waals surface area contributed by atoms with E-state index in [1.165, 1.54) is 23.5 Å². The Hall–Kier alpha value is -0.126. The Morgan fingerprint density at radius 3 is 0.969 bits per heavy atom. The van der Waals surface area contributed by atoms with Crippen molar-refractivity contribution in [3.63, 3.8) is 0 Å². The van der Waals surface area contributed by atoms with Crippen LogP contribution in [0, 0.1) is 21.3 Å². The molecule has 8 nitrogen and oxygen atoms in total. The molecule has 0 aromatic heterocycles. The van der Waals surface area contributed by atoms with Crippen LogP contribution >= 0.6 is 23.5 Å². The molecule has 0 saturated carbocycles. The Labute approximate surface area is 206 Å².